The molecule has 0 spiro atoms. The number of rotatable bonds is 6. The number of carbonyl (C=O) groups is 1. The smallest absolute Gasteiger partial charge is 0.255 e. The van der Waals surface area contributed by atoms with E-state index in [1.807, 2.05) is 0 Å². The number of nitrogens with one attached hydrogen (secondary N) is 2. The lowest BCUT2D eigenvalue weighted by atomic mass is 10.2. The van der Waals surface area contributed by atoms with Crippen LogP contribution in [0.2, 0.25) is 5.02 Å². The number of hydrogen-bond acceptors (Lipinski definition) is 4. The van der Waals surface area contributed by atoms with Crippen LogP contribution in [0.5, 0.6) is 5.75 Å². The first-order valence-electron chi connectivity index (χ1n) is 7.61. The molecule has 0 unspecified atom stereocenters. The molecular formula is C17H18BrClN2O4S. The standard InChI is InChI=1S/C17H18BrClN2O4S/c1-10(2)21-26(23,24)16-8-11(4-7-15(16)25-3)17(22)20-14-6-5-12(18)9-13(14)19/h4-10,21H,1-3H3,(H,20,22). The molecule has 0 aliphatic heterocycles. The van der Waals surface area contributed by atoms with Gasteiger partial charge in [-0.05, 0) is 50.2 Å². The minimum Gasteiger partial charge on any atom is -0.495 e. The number of benzene rings is 2. The van der Waals surface area contributed by atoms with E-state index in [9.17, 15) is 13.2 Å². The molecule has 0 aromatic heterocycles. The second-order valence-electron chi connectivity index (χ2n) is 5.72. The van der Waals surface area contributed by atoms with E-state index in [0.717, 1.165) is 4.47 Å². The van der Waals surface area contributed by atoms with Crippen LogP contribution < -0.4 is 14.8 Å². The summed E-state index contributed by atoms with van der Waals surface area (Å²) in [6, 6.07) is 8.91. The Kier molecular flexibility index (Phi) is 6.68. The average Bonchev–Trinajstić information content (AvgIpc) is 2.55. The first-order valence-corrected chi connectivity index (χ1v) is 10.3. The van der Waals surface area contributed by atoms with Crippen molar-refractivity contribution in [2.45, 2.75) is 24.8 Å². The number of amides is 1. The molecule has 0 saturated heterocycles. The Labute approximate surface area is 166 Å². The predicted octanol–water partition coefficient (Wildman–Crippen LogP) is 4.05. The molecule has 6 nitrogen and oxygen atoms in total. The summed E-state index contributed by atoms with van der Waals surface area (Å²) >= 11 is 9.39. The minimum atomic E-state index is -3.83. The lowest BCUT2D eigenvalue weighted by Gasteiger charge is -2.14. The molecular weight excluding hydrogens is 444 g/mol. The second-order valence-corrected chi connectivity index (χ2v) is 8.73. The van der Waals surface area contributed by atoms with E-state index in [1.165, 1.54) is 25.3 Å². The van der Waals surface area contributed by atoms with Crippen molar-refractivity contribution in [3.63, 3.8) is 0 Å². The van der Waals surface area contributed by atoms with Crippen molar-refractivity contribution < 1.29 is 17.9 Å². The highest BCUT2D eigenvalue weighted by Crippen LogP contribution is 2.28. The van der Waals surface area contributed by atoms with Gasteiger partial charge in [-0.3, -0.25) is 4.79 Å². The summed E-state index contributed by atoms with van der Waals surface area (Å²) in [6.07, 6.45) is 0. The molecule has 2 aromatic rings. The molecule has 2 aromatic carbocycles. The van der Waals surface area contributed by atoms with Crippen molar-refractivity contribution in [2.24, 2.45) is 0 Å². The monoisotopic (exact) mass is 460 g/mol. The topological polar surface area (TPSA) is 84.5 Å². The Morgan fingerprint density at radius 3 is 2.46 bits per heavy atom. The summed E-state index contributed by atoms with van der Waals surface area (Å²) in [7, 11) is -2.47. The van der Waals surface area contributed by atoms with Crippen LogP contribution in [-0.2, 0) is 10.0 Å². The number of anilines is 1. The zero-order valence-electron chi connectivity index (χ0n) is 14.3. The third-order valence-electron chi connectivity index (χ3n) is 3.29. The molecule has 0 bridgehead atoms. The third kappa shape index (κ3) is 4.97. The summed E-state index contributed by atoms with van der Waals surface area (Å²) in [5.41, 5.74) is 0.578. The van der Waals surface area contributed by atoms with Crippen LogP contribution in [0, 0.1) is 0 Å². The predicted molar refractivity (Wildman–Crippen MR) is 106 cm³/mol. The number of hydrogen-bond donors (Lipinski definition) is 2. The van der Waals surface area contributed by atoms with Gasteiger partial charge >= 0.3 is 0 Å². The number of ether oxygens (including phenoxy) is 1. The lowest BCUT2D eigenvalue weighted by molar-refractivity contribution is 0.102. The number of halogens is 2. The van der Waals surface area contributed by atoms with Crippen LogP contribution in [-0.4, -0.2) is 27.5 Å². The van der Waals surface area contributed by atoms with Gasteiger partial charge in [-0.1, -0.05) is 27.5 Å². The quantitative estimate of drug-likeness (QED) is 0.680. The van der Waals surface area contributed by atoms with Crippen LogP contribution in [0.15, 0.2) is 45.8 Å². The maximum atomic E-state index is 12.5. The van der Waals surface area contributed by atoms with E-state index in [1.54, 1.807) is 32.0 Å². The van der Waals surface area contributed by atoms with Crippen molar-refractivity contribution in [3.8, 4) is 5.75 Å². The van der Waals surface area contributed by atoms with Gasteiger partial charge in [0.1, 0.15) is 10.6 Å². The fraction of sp³-hybridized carbons (Fsp3) is 0.235. The van der Waals surface area contributed by atoms with E-state index < -0.39 is 15.9 Å². The van der Waals surface area contributed by atoms with E-state index in [-0.39, 0.29) is 22.3 Å². The maximum absolute atomic E-state index is 12.5. The van der Waals surface area contributed by atoms with Gasteiger partial charge in [0.15, 0.2) is 0 Å². The first-order chi connectivity index (χ1) is 12.1. The maximum Gasteiger partial charge on any atom is 0.255 e. The molecule has 2 rings (SSSR count). The molecule has 1 amide bonds. The number of methoxy groups -OCH3 is 1. The fourth-order valence-corrected chi connectivity index (χ4v) is 4.35. The van der Waals surface area contributed by atoms with Crippen molar-refractivity contribution in [2.75, 3.05) is 12.4 Å². The zero-order chi connectivity index (χ0) is 19.5. The lowest BCUT2D eigenvalue weighted by Crippen LogP contribution is -2.30. The van der Waals surface area contributed by atoms with Crippen LogP contribution in [0.4, 0.5) is 5.69 Å². The van der Waals surface area contributed by atoms with Gasteiger partial charge in [-0.25, -0.2) is 13.1 Å². The molecule has 0 saturated carbocycles. The highest BCUT2D eigenvalue weighted by atomic mass is 79.9. The van der Waals surface area contributed by atoms with Crippen LogP contribution in [0.1, 0.15) is 24.2 Å². The van der Waals surface area contributed by atoms with Gasteiger partial charge in [0.25, 0.3) is 5.91 Å². The summed E-state index contributed by atoms with van der Waals surface area (Å²) in [6.45, 7) is 3.41. The number of sulfonamides is 1. The number of carbonyl (C=O) groups excluding carboxylic acids is 1. The summed E-state index contributed by atoms with van der Waals surface area (Å²) in [5, 5.41) is 3.02. The van der Waals surface area contributed by atoms with Crippen molar-refractivity contribution in [1.82, 2.24) is 4.72 Å². The van der Waals surface area contributed by atoms with Gasteiger partial charge in [-0.2, -0.15) is 0 Å². The van der Waals surface area contributed by atoms with Gasteiger partial charge in [0.05, 0.1) is 17.8 Å². The molecule has 0 radical (unpaired) electrons. The van der Waals surface area contributed by atoms with Crippen molar-refractivity contribution >= 4 is 49.1 Å². The normalized spacial score (nSPS) is 11.5. The van der Waals surface area contributed by atoms with Crippen LogP contribution in [0.3, 0.4) is 0 Å². The van der Waals surface area contributed by atoms with Crippen LogP contribution >= 0.6 is 27.5 Å². The van der Waals surface area contributed by atoms with E-state index in [4.69, 9.17) is 16.3 Å². The summed E-state index contributed by atoms with van der Waals surface area (Å²) in [5.74, 6) is -0.339. The SMILES string of the molecule is COc1ccc(C(=O)Nc2ccc(Br)cc2Cl)cc1S(=O)(=O)NC(C)C. The molecule has 0 atom stereocenters. The van der Waals surface area contributed by atoms with Gasteiger partial charge < -0.3 is 10.1 Å². The Hall–Kier alpha value is -1.61. The molecule has 0 aliphatic carbocycles. The van der Waals surface area contributed by atoms with E-state index >= 15 is 0 Å². The zero-order valence-corrected chi connectivity index (χ0v) is 17.5. The Morgan fingerprint density at radius 1 is 1.19 bits per heavy atom. The summed E-state index contributed by atoms with van der Waals surface area (Å²) in [4.78, 5) is 12.4. The van der Waals surface area contributed by atoms with Gasteiger partial charge in [0.2, 0.25) is 10.0 Å². The third-order valence-corrected chi connectivity index (χ3v) is 5.77. The molecule has 9 heteroatoms. The molecule has 26 heavy (non-hydrogen) atoms. The first kappa shape index (κ1) is 20.7. The van der Waals surface area contributed by atoms with E-state index in [2.05, 4.69) is 26.0 Å². The Balaban J connectivity index is 2.38. The summed E-state index contributed by atoms with van der Waals surface area (Å²) < 4.78 is 33.4. The Morgan fingerprint density at radius 2 is 1.88 bits per heavy atom. The van der Waals surface area contributed by atoms with Gasteiger partial charge in [0, 0.05) is 16.1 Å². The molecule has 0 heterocycles. The van der Waals surface area contributed by atoms with Crippen LogP contribution in [0.25, 0.3) is 0 Å². The highest BCUT2D eigenvalue weighted by molar-refractivity contribution is 9.10. The van der Waals surface area contributed by atoms with Crippen molar-refractivity contribution in [1.29, 1.82) is 0 Å². The van der Waals surface area contributed by atoms with E-state index in [0.29, 0.717) is 10.7 Å². The molecule has 140 valence electrons. The Bertz CT molecular complexity index is 932. The molecule has 2 N–H and O–H groups in total. The largest absolute Gasteiger partial charge is 0.495 e. The molecule has 0 aliphatic rings. The second kappa shape index (κ2) is 8.39. The minimum absolute atomic E-state index is 0.108. The van der Waals surface area contributed by atoms with Gasteiger partial charge in [-0.15, -0.1) is 0 Å². The fourth-order valence-electron chi connectivity index (χ4n) is 2.19. The average molecular weight is 462 g/mol. The highest BCUT2D eigenvalue weighted by Gasteiger charge is 2.22. The molecule has 0 fully saturated rings. The van der Waals surface area contributed by atoms with Crippen molar-refractivity contribution in [3.05, 3.63) is 51.5 Å².